The summed E-state index contributed by atoms with van der Waals surface area (Å²) in [4.78, 5) is 12.2. The van der Waals surface area contributed by atoms with Gasteiger partial charge in [0.25, 0.3) is 5.91 Å². The van der Waals surface area contributed by atoms with Crippen LogP contribution in [-0.2, 0) is 4.74 Å². The normalized spacial score (nSPS) is 18.2. The lowest BCUT2D eigenvalue weighted by Gasteiger charge is -2.17. The van der Waals surface area contributed by atoms with E-state index in [-0.39, 0.29) is 18.7 Å². The molecule has 19 heavy (non-hydrogen) atoms. The minimum Gasteiger partial charge on any atom is -0.454 e. The van der Waals surface area contributed by atoms with E-state index in [9.17, 15) is 4.79 Å². The van der Waals surface area contributed by atoms with E-state index < -0.39 is 0 Å². The first-order valence-electron chi connectivity index (χ1n) is 6.47. The Morgan fingerprint density at radius 3 is 2.95 bits per heavy atom. The van der Waals surface area contributed by atoms with Crippen LogP contribution in [-0.4, -0.2) is 32.5 Å². The van der Waals surface area contributed by atoms with E-state index in [1.54, 1.807) is 25.3 Å². The van der Waals surface area contributed by atoms with Crippen LogP contribution in [0, 0.1) is 5.92 Å². The van der Waals surface area contributed by atoms with E-state index in [2.05, 4.69) is 5.32 Å². The number of benzene rings is 1. The molecule has 1 aliphatic carbocycles. The number of amides is 1. The first-order chi connectivity index (χ1) is 9.28. The molecule has 1 fully saturated rings. The van der Waals surface area contributed by atoms with Crippen molar-refractivity contribution in [1.29, 1.82) is 0 Å². The summed E-state index contributed by atoms with van der Waals surface area (Å²) >= 11 is 0. The Labute approximate surface area is 111 Å². The van der Waals surface area contributed by atoms with Gasteiger partial charge in [-0.05, 0) is 37.0 Å². The van der Waals surface area contributed by atoms with E-state index in [4.69, 9.17) is 14.2 Å². The highest BCUT2D eigenvalue weighted by Crippen LogP contribution is 2.34. The predicted molar refractivity (Wildman–Crippen MR) is 68.4 cm³/mol. The smallest absolute Gasteiger partial charge is 0.251 e. The van der Waals surface area contributed by atoms with Crippen LogP contribution in [0.25, 0.3) is 0 Å². The molecule has 0 aromatic heterocycles. The van der Waals surface area contributed by atoms with E-state index >= 15 is 0 Å². The fourth-order valence-electron chi connectivity index (χ4n) is 2.26. The summed E-state index contributed by atoms with van der Waals surface area (Å²) in [7, 11) is 1.65. The first kappa shape index (κ1) is 12.3. The Morgan fingerprint density at radius 1 is 1.42 bits per heavy atom. The van der Waals surface area contributed by atoms with Gasteiger partial charge in [0.2, 0.25) is 6.79 Å². The standard InChI is InChI=1S/C14H17NO4/c1-17-7-11(9-2-3-9)15-14(16)10-4-5-12-13(6-10)19-8-18-12/h4-6,9,11H,2-3,7-8H2,1H3,(H,15,16). The summed E-state index contributed by atoms with van der Waals surface area (Å²) in [5, 5.41) is 3.03. The first-order valence-corrected chi connectivity index (χ1v) is 6.47. The maximum atomic E-state index is 12.2. The summed E-state index contributed by atoms with van der Waals surface area (Å²) in [6, 6.07) is 5.33. The molecule has 0 bridgehead atoms. The zero-order chi connectivity index (χ0) is 13.2. The average Bonchev–Trinajstić information content (AvgIpc) is 3.15. The van der Waals surface area contributed by atoms with E-state index in [1.807, 2.05) is 0 Å². The number of carbonyl (C=O) groups excluding carboxylic acids is 1. The van der Waals surface area contributed by atoms with Crippen molar-refractivity contribution in [2.75, 3.05) is 20.5 Å². The second-order valence-electron chi connectivity index (χ2n) is 4.94. The quantitative estimate of drug-likeness (QED) is 0.876. The molecule has 1 heterocycles. The van der Waals surface area contributed by atoms with E-state index in [0.717, 1.165) is 12.8 Å². The van der Waals surface area contributed by atoms with Crippen LogP contribution in [0.3, 0.4) is 0 Å². The summed E-state index contributed by atoms with van der Waals surface area (Å²) in [5.41, 5.74) is 0.589. The molecule has 102 valence electrons. The summed E-state index contributed by atoms with van der Waals surface area (Å²) < 4.78 is 15.7. The molecule has 1 saturated carbocycles. The van der Waals surface area contributed by atoms with Crippen molar-refractivity contribution in [3.63, 3.8) is 0 Å². The van der Waals surface area contributed by atoms with Crippen molar-refractivity contribution in [3.8, 4) is 11.5 Å². The van der Waals surface area contributed by atoms with Gasteiger partial charge in [0, 0.05) is 12.7 Å². The Bertz CT molecular complexity index is 484. The number of hydrogen-bond donors (Lipinski definition) is 1. The number of fused-ring (bicyclic) bond motifs is 1. The molecule has 1 amide bonds. The van der Waals surface area contributed by atoms with Crippen LogP contribution < -0.4 is 14.8 Å². The topological polar surface area (TPSA) is 56.8 Å². The van der Waals surface area contributed by atoms with Crippen molar-refractivity contribution in [2.24, 2.45) is 5.92 Å². The molecule has 1 aromatic rings. The van der Waals surface area contributed by atoms with Crippen LogP contribution in [0.1, 0.15) is 23.2 Å². The summed E-state index contributed by atoms with van der Waals surface area (Å²) in [6.45, 7) is 0.774. The molecule has 2 aliphatic rings. The Hall–Kier alpha value is -1.75. The van der Waals surface area contributed by atoms with E-state index in [0.29, 0.717) is 29.6 Å². The van der Waals surface area contributed by atoms with Gasteiger partial charge in [-0.25, -0.2) is 0 Å². The summed E-state index contributed by atoms with van der Waals surface area (Å²) in [5.74, 6) is 1.78. The van der Waals surface area contributed by atoms with Crippen molar-refractivity contribution in [2.45, 2.75) is 18.9 Å². The minimum atomic E-state index is -0.0905. The average molecular weight is 263 g/mol. The highest BCUT2D eigenvalue weighted by atomic mass is 16.7. The van der Waals surface area contributed by atoms with Crippen LogP contribution >= 0.6 is 0 Å². The number of carbonyl (C=O) groups is 1. The fraction of sp³-hybridized carbons (Fsp3) is 0.500. The third kappa shape index (κ3) is 2.66. The maximum Gasteiger partial charge on any atom is 0.251 e. The third-order valence-electron chi connectivity index (χ3n) is 3.49. The summed E-state index contributed by atoms with van der Waals surface area (Å²) in [6.07, 6.45) is 2.32. The second kappa shape index (κ2) is 5.09. The molecule has 1 aromatic carbocycles. The molecule has 0 spiro atoms. The van der Waals surface area contributed by atoms with Crippen molar-refractivity contribution in [3.05, 3.63) is 23.8 Å². The van der Waals surface area contributed by atoms with Gasteiger partial charge in [-0.15, -0.1) is 0 Å². The minimum absolute atomic E-state index is 0.0905. The van der Waals surface area contributed by atoms with Crippen molar-refractivity contribution < 1.29 is 19.0 Å². The van der Waals surface area contributed by atoms with Crippen LogP contribution in [0.15, 0.2) is 18.2 Å². The Balaban J connectivity index is 1.69. The molecule has 5 nitrogen and oxygen atoms in total. The number of methoxy groups -OCH3 is 1. The van der Waals surface area contributed by atoms with Gasteiger partial charge in [-0.2, -0.15) is 0 Å². The number of ether oxygens (including phenoxy) is 3. The molecule has 1 aliphatic heterocycles. The fourth-order valence-corrected chi connectivity index (χ4v) is 2.26. The zero-order valence-corrected chi connectivity index (χ0v) is 10.8. The highest BCUT2D eigenvalue weighted by Gasteiger charge is 2.32. The molecule has 1 atom stereocenters. The second-order valence-corrected chi connectivity index (χ2v) is 4.94. The third-order valence-corrected chi connectivity index (χ3v) is 3.49. The molecule has 5 heteroatoms. The number of rotatable bonds is 5. The van der Waals surface area contributed by atoms with Gasteiger partial charge in [0.1, 0.15) is 0 Å². The molecular weight excluding hydrogens is 246 g/mol. The van der Waals surface area contributed by atoms with Crippen LogP contribution in [0.2, 0.25) is 0 Å². The highest BCUT2D eigenvalue weighted by molar-refractivity contribution is 5.95. The molecule has 1 unspecified atom stereocenters. The largest absolute Gasteiger partial charge is 0.454 e. The molecule has 0 saturated heterocycles. The van der Waals surface area contributed by atoms with Gasteiger partial charge in [-0.3, -0.25) is 4.79 Å². The molecule has 1 N–H and O–H groups in total. The number of nitrogens with one attached hydrogen (secondary N) is 1. The molecule has 0 radical (unpaired) electrons. The molecule has 3 rings (SSSR count). The van der Waals surface area contributed by atoms with Crippen LogP contribution in [0.5, 0.6) is 11.5 Å². The van der Waals surface area contributed by atoms with Gasteiger partial charge in [0.15, 0.2) is 11.5 Å². The lowest BCUT2D eigenvalue weighted by molar-refractivity contribution is 0.0883. The Kier molecular flexibility index (Phi) is 3.29. The van der Waals surface area contributed by atoms with Gasteiger partial charge in [-0.1, -0.05) is 0 Å². The monoisotopic (exact) mass is 263 g/mol. The van der Waals surface area contributed by atoms with Gasteiger partial charge < -0.3 is 19.5 Å². The Morgan fingerprint density at radius 2 is 2.21 bits per heavy atom. The molecular formula is C14H17NO4. The zero-order valence-electron chi connectivity index (χ0n) is 10.8. The van der Waals surface area contributed by atoms with Gasteiger partial charge >= 0.3 is 0 Å². The maximum absolute atomic E-state index is 12.2. The van der Waals surface area contributed by atoms with Gasteiger partial charge in [0.05, 0.1) is 12.6 Å². The van der Waals surface area contributed by atoms with Crippen molar-refractivity contribution >= 4 is 5.91 Å². The predicted octanol–water partition coefficient (Wildman–Crippen LogP) is 1.57. The lowest BCUT2D eigenvalue weighted by atomic mass is 10.1. The lowest BCUT2D eigenvalue weighted by Crippen LogP contribution is -2.39. The number of hydrogen-bond acceptors (Lipinski definition) is 4. The van der Waals surface area contributed by atoms with Crippen molar-refractivity contribution in [1.82, 2.24) is 5.32 Å². The SMILES string of the molecule is COCC(NC(=O)c1ccc2c(c1)OCO2)C1CC1. The van der Waals surface area contributed by atoms with Crippen LogP contribution in [0.4, 0.5) is 0 Å². The van der Waals surface area contributed by atoms with E-state index in [1.165, 1.54) is 0 Å².